The van der Waals surface area contributed by atoms with Crippen molar-refractivity contribution in [3.63, 3.8) is 0 Å². The van der Waals surface area contributed by atoms with Crippen molar-refractivity contribution in [1.82, 2.24) is 25.1 Å². The molecule has 1 N–H and O–H groups in total. The molecule has 0 aliphatic rings. The molecule has 0 atom stereocenters. The number of nitrogens with zero attached hydrogens (tertiary/aromatic N) is 5. The summed E-state index contributed by atoms with van der Waals surface area (Å²) in [7, 11) is 0. The van der Waals surface area contributed by atoms with Crippen LogP contribution < -0.4 is 0 Å². The Bertz CT molecular complexity index is 835. The molecule has 6 nitrogen and oxygen atoms in total. The topological polar surface area (TPSA) is 91.1 Å². The number of H-pyrrole nitrogens is 1. The van der Waals surface area contributed by atoms with Crippen LogP contribution in [0, 0.1) is 11.3 Å². The molecular formula is C13H6Cl2N6S. The average Bonchev–Trinajstić information content (AvgIpc) is 2.96. The van der Waals surface area contributed by atoms with Gasteiger partial charge in [0.05, 0.1) is 12.4 Å². The Morgan fingerprint density at radius 2 is 1.86 bits per heavy atom. The molecule has 1 aromatic carbocycles. The number of benzene rings is 1. The van der Waals surface area contributed by atoms with Gasteiger partial charge in [0, 0.05) is 15.6 Å². The molecule has 22 heavy (non-hydrogen) atoms. The van der Waals surface area contributed by atoms with E-state index < -0.39 is 0 Å². The van der Waals surface area contributed by atoms with Crippen molar-refractivity contribution in [1.29, 1.82) is 5.26 Å². The molecule has 0 unspecified atom stereocenters. The first-order valence-corrected chi connectivity index (χ1v) is 7.50. The van der Waals surface area contributed by atoms with Crippen LogP contribution in [0.5, 0.6) is 0 Å². The summed E-state index contributed by atoms with van der Waals surface area (Å²) in [5.41, 5.74) is 0.997. The lowest BCUT2D eigenvalue weighted by Crippen LogP contribution is -1.87. The largest absolute Gasteiger partial charge is 0.258 e. The van der Waals surface area contributed by atoms with E-state index in [0.29, 0.717) is 26.1 Å². The number of hydrogen-bond acceptors (Lipinski definition) is 6. The van der Waals surface area contributed by atoms with Crippen molar-refractivity contribution in [2.45, 2.75) is 10.2 Å². The third-order valence-electron chi connectivity index (χ3n) is 2.54. The van der Waals surface area contributed by atoms with E-state index in [0.717, 1.165) is 5.56 Å². The summed E-state index contributed by atoms with van der Waals surface area (Å²) in [5.74, 6) is 0.550. The van der Waals surface area contributed by atoms with Gasteiger partial charge in [0.1, 0.15) is 11.1 Å². The first-order valence-electron chi connectivity index (χ1n) is 5.93. The van der Waals surface area contributed by atoms with Crippen LogP contribution in [0.4, 0.5) is 0 Å². The average molecular weight is 349 g/mol. The predicted molar refractivity (Wildman–Crippen MR) is 82.7 cm³/mol. The SMILES string of the molecule is N#Cc1cnc(Sc2n[nH]c(-c3cc(Cl)cc(Cl)c3)n2)cn1. The van der Waals surface area contributed by atoms with Crippen molar-refractivity contribution in [2.24, 2.45) is 0 Å². The van der Waals surface area contributed by atoms with Gasteiger partial charge < -0.3 is 0 Å². The fourth-order valence-corrected chi connectivity index (χ4v) is 2.78. The molecule has 2 aromatic heterocycles. The number of nitriles is 1. The van der Waals surface area contributed by atoms with Crippen LogP contribution in [0.1, 0.15) is 5.69 Å². The van der Waals surface area contributed by atoms with Gasteiger partial charge in [-0.25, -0.2) is 15.0 Å². The highest BCUT2D eigenvalue weighted by molar-refractivity contribution is 7.99. The smallest absolute Gasteiger partial charge is 0.215 e. The highest BCUT2D eigenvalue weighted by Gasteiger charge is 2.10. The van der Waals surface area contributed by atoms with Crippen molar-refractivity contribution in [3.8, 4) is 17.5 Å². The fraction of sp³-hybridized carbons (Fsp3) is 0. The highest BCUT2D eigenvalue weighted by atomic mass is 35.5. The summed E-state index contributed by atoms with van der Waals surface area (Å²) >= 11 is 13.2. The summed E-state index contributed by atoms with van der Waals surface area (Å²) < 4.78 is 0. The summed E-state index contributed by atoms with van der Waals surface area (Å²) in [6, 6.07) is 7.03. The standard InChI is InChI=1S/C13H6Cl2N6S/c14-8-1-7(2-9(15)3-8)12-19-13(21-20-12)22-11-6-17-10(4-16)5-18-11/h1-3,5-6H,(H,19,20,21). The lowest BCUT2D eigenvalue weighted by molar-refractivity contribution is 0.961. The molecular weight excluding hydrogens is 343 g/mol. The number of hydrogen-bond donors (Lipinski definition) is 1. The Morgan fingerprint density at radius 1 is 1.09 bits per heavy atom. The minimum absolute atomic E-state index is 0.258. The zero-order valence-electron chi connectivity index (χ0n) is 10.8. The van der Waals surface area contributed by atoms with Crippen LogP contribution in [0.25, 0.3) is 11.4 Å². The molecule has 0 saturated heterocycles. The van der Waals surface area contributed by atoms with Crippen LogP contribution in [-0.4, -0.2) is 25.1 Å². The number of aromatic amines is 1. The fourth-order valence-electron chi connectivity index (χ4n) is 1.63. The molecule has 0 fully saturated rings. The summed E-state index contributed by atoms with van der Waals surface area (Å²) in [6.45, 7) is 0. The van der Waals surface area contributed by atoms with Crippen LogP contribution in [0.3, 0.4) is 0 Å². The normalized spacial score (nSPS) is 10.4. The Morgan fingerprint density at radius 3 is 2.50 bits per heavy atom. The van der Waals surface area contributed by atoms with E-state index in [4.69, 9.17) is 28.5 Å². The monoisotopic (exact) mass is 348 g/mol. The third-order valence-corrected chi connectivity index (χ3v) is 3.76. The van der Waals surface area contributed by atoms with Gasteiger partial charge in [0.25, 0.3) is 0 Å². The van der Waals surface area contributed by atoms with E-state index in [9.17, 15) is 0 Å². The minimum atomic E-state index is 0.258. The van der Waals surface area contributed by atoms with Gasteiger partial charge in [0.15, 0.2) is 11.5 Å². The summed E-state index contributed by atoms with van der Waals surface area (Å²) in [5, 5.41) is 17.7. The molecule has 2 heterocycles. The second-order valence-electron chi connectivity index (χ2n) is 4.08. The molecule has 9 heteroatoms. The maximum Gasteiger partial charge on any atom is 0.215 e. The Kier molecular flexibility index (Phi) is 4.24. The van der Waals surface area contributed by atoms with Gasteiger partial charge in [-0.1, -0.05) is 23.2 Å². The molecule has 0 spiro atoms. The van der Waals surface area contributed by atoms with E-state index in [2.05, 4.69) is 25.1 Å². The quantitative estimate of drug-likeness (QED) is 0.777. The second kappa shape index (κ2) is 6.32. The van der Waals surface area contributed by atoms with Gasteiger partial charge in [-0.15, -0.1) is 5.10 Å². The molecule has 0 aliphatic carbocycles. The Balaban J connectivity index is 1.82. The molecule has 0 bridgehead atoms. The van der Waals surface area contributed by atoms with E-state index >= 15 is 0 Å². The number of aromatic nitrogens is 5. The molecule has 108 valence electrons. The highest BCUT2D eigenvalue weighted by Crippen LogP contribution is 2.27. The lowest BCUT2D eigenvalue weighted by atomic mass is 10.2. The molecule has 0 amide bonds. The van der Waals surface area contributed by atoms with Gasteiger partial charge in [-0.05, 0) is 30.0 Å². The van der Waals surface area contributed by atoms with Crippen molar-refractivity contribution < 1.29 is 0 Å². The van der Waals surface area contributed by atoms with Crippen LogP contribution >= 0.6 is 35.0 Å². The molecule has 0 aliphatic heterocycles. The van der Waals surface area contributed by atoms with Gasteiger partial charge in [-0.2, -0.15) is 5.26 Å². The van der Waals surface area contributed by atoms with E-state index in [1.54, 1.807) is 18.2 Å². The summed E-state index contributed by atoms with van der Waals surface area (Å²) in [4.78, 5) is 12.4. The Labute approximate surface area is 139 Å². The van der Waals surface area contributed by atoms with Crippen molar-refractivity contribution in [2.75, 3.05) is 0 Å². The van der Waals surface area contributed by atoms with Crippen molar-refractivity contribution >= 4 is 35.0 Å². The number of nitrogens with one attached hydrogen (secondary N) is 1. The molecule has 0 radical (unpaired) electrons. The first-order chi connectivity index (χ1) is 10.6. The van der Waals surface area contributed by atoms with Gasteiger partial charge in [0.2, 0.25) is 5.16 Å². The van der Waals surface area contributed by atoms with E-state index in [1.807, 2.05) is 6.07 Å². The maximum absolute atomic E-state index is 8.68. The lowest BCUT2D eigenvalue weighted by Gasteiger charge is -1.98. The zero-order chi connectivity index (χ0) is 15.5. The van der Waals surface area contributed by atoms with E-state index in [1.165, 1.54) is 24.2 Å². The second-order valence-corrected chi connectivity index (χ2v) is 5.94. The molecule has 3 aromatic rings. The van der Waals surface area contributed by atoms with E-state index in [-0.39, 0.29) is 5.69 Å². The van der Waals surface area contributed by atoms with Crippen molar-refractivity contribution in [3.05, 3.63) is 46.3 Å². The van der Waals surface area contributed by atoms with Gasteiger partial charge >= 0.3 is 0 Å². The molecule has 3 rings (SSSR count). The Hall–Kier alpha value is -2.14. The van der Waals surface area contributed by atoms with Gasteiger partial charge in [-0.3, -0.25) is 5.10 Å². The molecule has 0 saturated carbocycles. The predicted octanol–water partition coefficient (Wildman–Crippen LogP) is 3.59. The number of halogens is 2. The number of rotatable bonds is 3. The minimum Gasteiger partial charge on any atom is -0.258 e. The summed E-state index contributed by atoms with van der Waals surface area (Å²) in [6.07, 6.45) is 2.89. The third kappa shape index (κ3) is 3.36. The zero-order valence-corrected chi connectivity index (χ0v) is 13.1. The van der Waals surface area contributed by atoms with Crippen LogP contribution in [-0.2, 0) is 0 Å². The van der Waals surface area contributed by atoms with Crippen LogP contribution in [0.15, 0.2) is 40.8 Å². The first kappa shape index (κ1) is 14.8. The van der Waals surface area contributed by atoms with Crippen LogP contribution in [0.2, 0.25) is 10.0 Å². The maximum atomic E-state index is 8.68.